The molecule has 0 radical (unpaired) electrons. The van der Waals surface area contributed by atoms with Crippen LogP contribution in [-0.4, -0.2) is 59.5 Å². The maximum absolute atomic E-state index is 13.1. The lowest BCUT2D eigenvalue weighted by Crippen LogP contribution is -2.54. The summed E-state index contributed by atoms with van der Waals surface area (Å²) in [4.78, 5) is 16.0. The van der Waals surface area contributed by atoms with Crippen molar-refractivity contribution in [2.24, 2.45) is 0 Å². The van der Waals surface area contributed by atoms with E-state index in [0.29, 0.717) is 0 Å². The zero-order chi connectivity index (χ0) is 15.7. The highest BCUT2D eigenvalue weighted by atomic mass is 19.3. The summed E-state index contributed by atoms with van der Waals surface area (Å²) in [6, 6.07) is -0.0155. The van der Waals surface area contributed by atoms with Crippen molar-refractivity contribution in [1.29, 1.82) is 0 Å². The fraction of sp³-hybridized carbons (Fsp3) is 0.933. The van der Waals surface area contributed by atoms with Gasteiger partial charge in [0.15, 0.2) is 0 Å². The highest BCUT2D eigenvalue weighted by molar-refractivity contribution is 5.74. The fourth-order valence-corrected chi connectivity index (χ4v) is 3.00. The number of piperidine rings is 2. The smallest absolute Gasteiger partial charge is 0.317 e. The monoisotopic (exact) mass is 303 g/mol. The van der Waals surface area contributed by atoms with E-state index in [0.717, 1.165) is 25.9 Å². The molecule has 0 bridgehead atoms. The van der Waals surface area contributed by atoms with Crippen molar-refractivity contribution < 1.29 is 13.6 Å². The predicted molar refractivity (Wildman–Crippen MR) is 78.6 cm³/mol. The van der Waals surface area contributed by atoms with Crippen LogP contribution < -0.4 is 5.32 Å². The lowest BCUT2D eigenvalue weighted by Gasteiger charge is -2.41. The number of alkyl halides is 2. The molecule has 21 heavy (non-hydrogen) atoms. The van der Waals surface area contributed by atoms with Gasteiger partial charge in [-0.15, -0.1) is 0 Å². The number of nitrogens with zero attached hydrogens (tertiary/aromatic N) is 2. The number of likely N-dealkylation sites (tertiary alicyclic amines) is 2. The van der Waals surface area contributed by atoms with Gasteiger partial charge in [-0.1, -0.05) is 0 Å². The molecule has 2 saturated heterocycles. The van der Waals surface area contributed by atoms with Crippen molar-refractivity contribution in [2.45, 2.75) is 64.0 Å². The first-order valence-corrected chi connectivity index (χ1v) is 7.86. The van der Waals surface area contributed by atoms with Gasteiger partial charge in [0, 0.05) is 50.6 Å². The predicted octanol–water partition coefficient (Wildman–Crippen LogP) is 2.69. The number of amides is 2. The van der Waals surface area contributed by atoms with Gasteiger partial charge >= 0.3 is 6.03 Å². The van der Waals surface area contributed by atoms with Crippen LogP contribution in [0.5, 0.6) is 0 Å². The zero-order valence-corrected chi connectivity index (χ0v) is 13.3. The van der Waals surface area contributed by atoms with Crippen LogP contribution in [0.25, 0.3) is 0 Å². The molecule has 1 N–H and O–H groups in total. The standard InChI is InChI=1S/C15H27F2N3O/c1-14(2,3)20-8-4-12(5-9-20)18-13(21)19-10-6-15(16,17)7-11-19/h12H,4-11H2,1-3H3,(H,18,21). The Hall–Kier alpha value is -0.910. The average molecular weight is 303 g/mol. The Labute approximate surface area is 125 Å². The van der Waals surface area contributed by atoms with Crippen LogP contribution in [0.15, 0.2) is 0 Å². The van der Waals surface area contributed by atoms with E-state index in [1.165, 1.54) is 4.90 Å². The summed E-state index contributed by atoms with van der Waals surface area (Å²) in [5, 5.41) is 3.00. The molecule has 2 fully saturated rings. The van der Waals surface area contributed by atoms with Crippen LogP contribution >= 0.6 is 0 Å². The lowest BCUT2D eigenvalue weighted by molar-refractivity contribution is -0.0472. The molecular formula is C15H27F2N3O. The molecule has 4 nitrogen and oxygen atoms in total. The van der Waals surface area contributed by atoms with Crippen LogP contribution in [0.2, 0.25) is 0 Å². The second-order valence-corrected chi connectivity index (χ2v) is 7.22. The molecule has 0 saturated carbocycles. The summed E-state index contributed by atoms with van der Waals surface area (Å²) in [5.74, 6) is -2.60. The van der Waals surface area contributed by atoms with Gasteiger partial charge in [0.1, 0.15) is 0 Å². The molecule has 2 amide bonds. The van der Waals surface area contributed by atoms with E-state index in [2.05, 4.69) is 31.0 Å². The maximum Gasteiger partial charge on any atom is 0.317 e. The Morgan fingerprint density at radius 1 is 1.10 bits per heavy atom. The van der Waals surface area contributed by atoms with Crippen molar-refractivity contribution in [3.63, 3.8) is 0 Å². The van der Waals surface area contributed by atoms with Gasteiger partial charge in [0.05, 0.1) is 0 Å². The Kier molecular flexibility index (Phi) is 4.76. The molecule has 0 atom stereocenters. The number of halogens is 2. The van der Waals surface area contributed by atoms with Crippen molar-refractivity contribution in [3.8, 4) is 0 Å². The molecule has 122 valence electrons. The second-order valence-electron chi connectivity index (χ2n) is 7.22. The molecule has 0 aromatic heterocycles. The van der Waals surface area contributed by atoms with Gasteiger partial charge in [-0.05, 0) is 33.6 Å². The third-order valence-corrected chi connectivity index (χ3v) is 4.55. The van der Waals surface area contributed by atoms with E-state index in [9.17, 15) is 13.6 Å². The first kappa shape index (κ1) is 16.5. The van der Waals surface area contributed by atoms with Crippen molar-refractivity contribution >= 4 is 6.03 Å². The third-order valence-electron chi connectivity index (χ3n) is 4.55. The first-order valence-electron chi connectivity index (χ1n) is 7.86. The Balaban J connectivity index is 1.75. The molecule has 2 aliphatic rings. The second kappa shape index (κ2) is 6.07. The highest BCUT2D eigenvalue weighted by Gasteiger charge is 2.36. The van der Waals surface area contributed by atoms with E-state index in [-0.39, 0.29) is 43.5 Å². The van der Waals surface area contributed by atoms with Crippen LogP contribution in [0, 0.1) is 0 Å². The van der Waals surface area contributed by atoms with Gasteiger partial charge in [-0.25, -0.2) is 13.6 Å². The fourth-order valence-electron chi connectivity index (χ4n) is 3.00. The molecule has 2 rings (SSSR count). The number of nitrogens with one attached hydrogen (secondary N) is 1. The molecular weight excluding hydrogens is 276 g/mol. The van der Waals surface area contributed by atoms with Crippen LogP contribution in [-0.2, 0) is 0 Å². The first-order chi connectivity index (χ1) is 9.67. The van der Waals surface area contributed by atoms with Crippen molar-refractivity contribution in [1.82, 2.24) is 15.1 Å². The van der Waals surface area contributed by atoms with Crippen molar-refractivity contribution in [3.05, 3.63) is 0 Å². The Morgan fingerprint density at radius 3 is 2.10 bits per heavy atom. The summed E-state index contributed by atoms with van der Waals surface area (Å²) < 4.78 is 26.2. The number of carbonyl (C=O) groups is 1. The molecule has 6 heteroatoms. The quantitative estimate of drug-likeness (QED) is 0.808. The van der Waals surface area contributed by atoms with Crippen LogP contribution in [0.3, 0.4) is 0 Å². The normalized spacial score (nSPS) is 24.9. The Bertz CT molecular complexity index is 364. The van der Waals surface area contributed by atoms with Gasteiger partial charge in [0.25, 0.3) is 5.92 Å². The van der Waals surface area contributed by atoms with E-state index >= 15 is 0 Å². The lowest BCUT2D eigenvalue weighted by atomic mass is 9.98. The minimum atomic E-state index is -2.60. The molecule has 0 aliphatic carbocycles. The molecule has 0 spiro atoms. The average Bonchev–Trinajstić information content (AvgIpc) is 2.38. The number of hydrogen-bond acceptors (Lipinski definition) is 2. The van der Waals surface area contributed by atoms with E-state index < -0.39 is 5.92 Å². The third kappa shape index (κ3) is 4.53. The molecule has 2 aliphatic heterocycles. The summed E-state index contributed by atoms with van der Waals surface area (Å²) in [7, 11) is 0. The maximum atomic E-state index is 13.1. The number of urea groups is 1. The topological polar surface area (TPSA) is 35.6 Å². The summed E-state index contributed by atoms with van der Waals surface area (Å²) in [5.41, 5.74) is 0.160. The molecule has 2 heterocycles. The van der Waals surface area contributed by atoms with Gasteiger partial charge < -0.3 is 10.2 Å². The largest absolute Gasteiger partial charge is 0.335 e. The highest BCUT2D eigenvalue weighted by Crippen LogP contribution is 2.27. The van der Waals surface area contributed by atoms with Gasteiger partial charge in [-0.2, -0.15) is 0 Å². The number of hydrogen-bond donors (Lipinski definition) is 1. The summed E-state index contributed by atoms with van der Waals surface area (Å²) >= 11 is 0. The molecule has 0 aromatic carbocycles. The minimum Gasteiger partial charge on any atom is -0.335 e. The molecule has 0 unspecified atom stereocenters. The van der Waals surface area contributed by atoms with E-state index in [1.807, 2.05) is 0 Å². The SMILES string of the molecule is CC(C)(C)N1CCC(NC(=O)N2CCC(F)(F)CC2)CC1. The van der Waals surface area contributed by atoms with Crippen LogP contribution in [0.4, 0.5) is 13.6 Å². The molecule has 0 aromatic rings. The summed E-state index contributed by atoms with van der Waals surface area (Å²) in [6.45, 7) is 8.82. The minimum absolute atomic E-state index is 0.152. The van der Waals surface area contributed by atoms with Gasteiger partial charge in [0.2, 0.25) is 0 Å². The number of carbonyl (C=O) groups excluding carboxylic acids is 1. The zero-order valence-electron chi connectivity index (χ0n) is 13.3. The summed E-state index contributed by atoms with van der Waals surface area (Å²) in [6.07, 6.45) is 1.41. The Morgan fingerprint density at radius 2 is 1.62 bits per heavy atom. The van der Waals surface area contributed by atoms with Crippen molar-refractivity contribution in [2.75, 3.05) is 26.2 Å². The van der Waals surface area contributed by atoms with E-state index in [4.69, 9.17) is 0 Å². The van der Waals surface area contributed by atoms with Crippen LogP contribution in [0.1, 0.15) is 46.5 Å². The number of rotatable bonds is 1. The van der Waals surface area contributed by atoms with Gasteiger partial charge in [-0.3, -0.25) is 4.90 Å². The van der Waals surface area contributed by atoms with E-state index in [1.54, 1.807) is 0 Å².